The van der Waals surface area contributed by atoms with Crippen molar-refractivity contribution in [3.8, 4) is 23.0 Å². The van der Waals surface area contributed by atoms with E-state index in [2.05, 4.69) is 34.3 Å². The third-order valence-electron chi connectivity index (χ3n) is 10.0. The third kappa shape index (κ3) is 27.0. The van der Waals surface area contributed by atoms with E-state index in [1.807, 2.05) is 0 Å². The maximum atomic E-state index is 12.7. The van der Waals surface area contributed by atoms with E-state index in [9.17, 15) is 19.2 Å². The molecule has 0 unspecified atom stereocenters. The first-order valence-electron chi connectivity index (χ1n) is 23.0. The number of rotatable bonds is 32. The van der Waals surface area contributed by atoms with Crippen molar-refractivity contribution in [2.45, 2.75) is 150 Å². The highest BCUT2D eigenvalue weighted by Gasteiger charge is 2.12. The molecule has 0 fully saturated rings. The van der Waals surface area contributed by atoms with Gasteiger partial charge in [-0.05, 0) is 110 Å². The summed E-state index contributed by atoms with van der Waals surface area (Å²) in [4.78, 5) is 46.4. The first-order chi connectivity index (χ1) is 30.0. The summed E-state index contributed by atoms with van der Waals surface area (Å²) in [5, 5.41) is 8.28. The Morgan fingerprint density at radius 3 is 1.19 bits per heavy atom. The number of hydrogen-bond donors (Lipinski definition) is 1. The van der Waals surface area contributed by atoms with Gasteiger partial charge in [-0.2, -0.15) is 0 Å². The van der Waals surface area contributed by atoms with Crippen LogP contribution in [0.3, 0.4) is 0 Å². The third-order valence-corrected chi connectivity index (χ3v) is 10.0. The van der Waals surface area contributed by atoms with Crippen LogP contribution in [0.2, 0.25) is 0 Å². The predicted molar refractivity (Wildman–Crippen MR) is 246 cm³/mol. The number of carbonyl (C=O) groups is 4. The minimum Gasteiger partial charge on any atom is -0.494 e. The zero-order valence-electron chi connectivity index (χ0n) is 38.0. The van der Waals surface area contributed by atoms with Gasteiger partial charge in [-0.1, -0.05) is 124 Å². The molecule has 1 N–H and O–H groups in total. The van der Waals surface area contributed by atoms with Crippen LogP contribution in [-0.4, -0.2) is 48.8 Å². The Labute approximate surface area is 371 Å². The van der Waals surface area contributed by atoms with E-state index in [0.29, 0.717) is 60.5 Å². The molecule has 342 valence electrons. The maximum Gasteiger partial charge on any atom is 0.343 e. The van der Waals surface area contributed by atoms with Crippen LogP contribution < -0.4 is 18.9 Å². The second kappa shape index (κ2) is 33.5. The van der Waals surface area contributed by atoms with Crippen LogP contribution in [0.15, 0.2) is 85.5 Å². The summed E-state index contributed by atoms with van der Waals surface area (Å²) in [5.74, 6) is 1.61. The van der Waals surface area contributed by atoms with Gasteiger partial charge in [0.1, 0.15) is 23.0 Å². The van der Waals surface area contributed by atoms with E-state index in [1.165, 1.54) is 57.4 Å². The Hall–Kier alpha value is -5.12. The van der Waals surface area contributed by atoms with Gasteiger partial charge in [0, 0.05) is 12.5 Å². The lowest BCUT2D eigenvalue weighted by Crippen LogP contribution is -2.09. The monoisotopic (exact) mass is 859 g/mol. The van der Waals surface area contributed by atoms with E-state index in [4.69, 9.17) is 28.8 Å². The molecule has 0 spiro atoms. The van der Waals surface area contributed by atoms with Crippen molar-refractivity contribution in [1.82, 2.24) is 0 Å². The Morgan fingerprint density at radius 1 is 0.484 bits per heavy atom. The van der Waals surface area contributed by atoms with E-state index in [-0.39, 0.29) is 5.97 Å². The number of esters is 3. The number of aliphatic carboxylic acids is 1. The second-order valence-corrected chi connectivity index (χ2v) is 16.5. The summed E-state index contributed by atoms with van der Waals surface area (Å²) >= 11 is 0. The largest absolute Gasteiger partial charge is 0.494 e. The number of benzene rings is 3. The lowest BCUT2D eigenvalue weighted by Gasteiger charge is -2.09. The van der Waals surface area contributed by atoms with Gasteiger partial charge in [0.25, 0.3) is 0 Å². The number of carboxylic acid groups (broad SMARTS) is 1. The Kier molecular flexibility index (Phi) is 28.6. The van der Waals surface area contributed by atoms with Gasteiger partial charge in [-0.15, -0.1) is 0 Å². The zero-order valence-corrected chi connectivity index (χ0v) is 38.0. The zero-order chi connectivity index (χ0) is 45.2. The molecule has 10 heteroatoms. The molecule has 3 aromatic rings. The minimum atomic E-state index is -0.677. The molecule has 0 atom stereocenters. The molecule has 0 heterocycles. The number of hydrogen-bond acceptors (Lipinski definition) is 9. The fourth-order valence-corrected chi connectivity index (χ4v) is 6.35. The highest BCUT2D eigenvalue weighted by atomic mass is 16.5. The Bertz CT molecular complexity index is 1660. The molecule has 0 aromatic heterocycles. The van der Waals surface area contributed by atoms with Crippen molar-refractivity contribution in [3.63, 3.8) is 0 Å². The summed E-state index contributed by atoms with van der Waals surface area (Å²) in [6, 6.07) is 20.2. The highest BCUT2D eigenvalue weighted by Crippen LogP contribution is 2.22. The van der Waals surface area contributed by atoms with Crippen LogP contribution in [0, 0.1) is 11.8 Å². The SMILES string of the molecule is C=CC(=O)OCCCCCCCCCCCOc1ccc(C(=O)Oc2ccc(OC(=O)c3ccc(OCCCCCCCC(C)C)cc3)cc2)cc1.CC(C)CCCCC(=O)O. The molecule has 0 aliphatic rings. The van der Waals surface area contributed by atoms with Crippen molar-refractivity contribution < 1.29 is 48.0 Å². The van der Waals surface area contributed by atoms with Crippen molar-refractivity contribution in [2.24, 2.45) is 11.8 Å². The highest BCUT2D eigenvalue weighted by molar-refractivity contribution is 5.92. The summed E-state index contributed by atoms with van der Waals surface area (Å²) in [6.07, 6.45) is 21.9. The molecule has 0 radical (unpaired) electrons. The summed E-state index contributed by atoms with van der Waals surface area (Å²) in [6.45, 7) is 14.0. The van der Waals surface area contributed by atoms with Gasteiger partial charge in [0.15, 0.2) is 0 Å². The molecule has 0 saturated heterocycles. The van der Waals surface area contributed by atoms with Crippen LogP contribution in [0.4, 0.5) is 0 Å². The average Bonchev–Trinajstić information content (AvgIpc) is 3.26. The van der Waals surface area contributed by atoms with Crippen molar-refractivity contribution in [2.75, 3.05) is 19.8 Å². The normalized spacial score (nSPS) is 10.7. The smallest absolute Gasteiger partial charge is 0.343 e. The van der Waals surface area contributed by atoms with E-state index in [1.54, 1.807) is 72.8 Å². The molecule has 10 nitrogen and oxygen atoms in total. The molecular weight excluding hydrogens is 785 g/mol. The van der Waals surface area contributed by atoms with Gasteiger partial charge in [-0.25, -0.2) is 14.4 Å². The van der Waals surface area contributed by atoms with Gasteiger partial charge in [0.05, 0.1) is 30.9 Å². The number of ether oxygens (including phenoxy) is 5. The summed E-state index contributed by atoms with van der Waals surface area (Å²) in [5.41, 5.74) is 0.826. The standard InChI is InChI=1S/C44H58O8.C8H16O2/c1-4-42(45)50-34-18-13-9-7-5-6-8-12-16-32-48-38-24-20-36(21-25-38)43(46)51-40-28-30-41(31-29-40)52-44(47)37-22-26-39(27-23-37)49-33-17-14-10-11-15-19-35(2)3;1-7(2)5-3-4-6-8(9)10/h4,20-31,35H,1,5-19,32-34H2,2-3H3;7H,3-6H2,1-2H3,(H,9,10). The molecule has 0 amide bonds. The van der Waals surface area contributed by atoms with Gasteiger partial charge < -0.3 is 28.8 Å². The summed E-state index contributed by atoms with van der Waals surface area (Å²) < 4.78 is 27.7. The van der Waals surface area contributed by atoms with Gasteiger partial charge in [0.2, 0.25) is 0 Å². The van der Waals surface area contributed by atoms with Crippen LogP contribution >= 0.6 is 0 Å². The van der Waals surface area contributed by atoms with Crippen LogP contribution in [0.25, 0.3) is 0 Å². The molecule has 0 aliphatic carbocycles. The fraction of sp³-hybridized carbons (Fsp3) is 0.538. The van der Waals surface area contributed by atoms with Crippen molar-refractivity contribution >= 4 is 23.9 Å². The molecule has 0 bridgehead atoms. The van der Waals surface area contributed by atoms with Crippen LogP contribution in [0.5, 0.6) is 23.0 Å². The molecule has 0 saturated carbocycles. The number of carboxylic acids is 1. The fourth-order valence-electron chi connectivity index (χ4n) is 6.35. The van der Waals surface area contributed by atoms with E-state index < -0.39 is 17.9 Å². The lowest BCUT2D eigenvalue weighted by molar-refractivity contribution is -0.138. The summed E-state index contributed by atoms with van der Waals surface area (Å²) in [7, 11) is 0. The molecule has 0 aliphatic heterocycles. The molecular formula is C52H74O10. The van der Waals surface area contributed by atoms with Crippen molar-refractivity contribution in [3.05, 3.63) is 96.6 Å². The number of unbranched alkanes of at least 4 members (excludes halogenated alkanes) is 13. The number of carbonyl (C=O) groups excluding carboxylic acids is 3. The van der Waals surface area contributed by atoms with Crippen LogP contribution in [-0.2, 0) is 14.3 Å². The van der Waals surface area contributed by atoms with Crippen molar-refractivity contribution in [1.29, 1.82) is 0 Å². The quantitative estimate of drug-likeness (QED) is 0.0280. The maximum absolute atomic E-state index is 12.7. The van der Waals surface area contributed by atoms with Gasteiger partial charge in [-0.3, -0.25) is 4.79 Å². The van der Waals surface area contributed by atoms with Crippen LogP contribution in [0.1, 0.15) is 170 Å². The molecule has 3 aromatic carbocycles. The lowest BCUT2D eigenvalue weighted by atomic mass is 10.0. The molecule has 3 rings (SSSR count). The second-order valence-electron chi connectivity index (χ2n) is 16.5. The Morgan fingerprint density at radius 2 is 0.823 bits per heavy atom. The van der Waals surface area contributed by atoms with Gasteiger partial charge >= 0.3 is 23.9 Å². The average molecular weight is 859 g/mol. The Balaban J connectivity index is 0.00000117. The van der Waals surface area contributed by atoms with E-state index in [0.717, 1.165) is 75.9 Å². The van der Waals surface area contributed by atoms with E-state index >= 15 is 0 Å². The molecule has 62 heavy (non-hydrogen) atoms. The minimum absolute atomic E-state index is 0.326. The first-order valence-corrected chi connectivity index (χ1v) is 23.0. The first kappa shape index (κ1) is 53.0. The topological polar surface area (TPSA) is 135 Å². The predicted octanol–water partition coefficient (Wildman–Crippen LogP) is 13.4.